The van der Waals surface area contributed by atoms with Crippen LogP contribution in [0.15, 0.2) is 47.4 Å². The fraction of sp³-hybridized carbons (Fsp3) is 0.488. The largest absolute Gasteiger partial charge is 0.364 e. The molecule has 0 aromatic heterocycles. The smallest absolute Gasteiger partial charge is 0.255 e. The Balaban J connectivity index is 1.60. The third-order valence-corrected chi connectivity index (χ3v) is 11.5. The Morgan fingerprint density at radius 3 is 1.64 bits per heavy atom. The van der Waals surface area contributed by atoms with E-state index in [2.05, 4.69) is 62.8 Å². The molecular weight excluding hydrogens is 727 g/mol. The number of nitrogens with two attached hydrogens (primary N) is 3. The number of ether oxygens (including phenoxy) is 1. The number of amides is 4. The third-order valence-electron chi connectivity index (χ3n) is 10.3. The molecule has 2 unspecified atom stereocenters. The average Bonchev–Trinajstić information content (AvgIpc) is 4.04. The average molecular weight is 786 g/mol. The standard InChI is InChI=1S/C43H59N7O5S/c1-24(51)47-31-20-29(41(3,4)5)21-32(36(31)43(10-11-43)12-14-45)49-39(53)27-17-26(37-35(55-37)9-13-44)18-28(19-27)40(54)50-34-23-30(42(6,7)8)22-33(48-25(2)52)38(34)56-16-15-46/h17-23,35,37H,9-16,44-46H2,1-8H3,(H,47,51)(H,48,52)(H,49,53)(H,50,54). The molecule has 2 atom stereocenters. The van der Waals surface area contributed by atoms with E-state index in [1.807, 2.05) is 24.3 Å². The van der Waals surface area contributed by atoms with Crippen LogP contribution in [0.5, 0.6) is 0 Å². The number of benzene rings is 3. The van der Waals surface area contributed by atoms with Crippen molar-refractivity contribution >= 4 is 58.1 Å². The van der Waals surface area contributed by atoms with Gasteiger partial charge in [-0.2, -0.15) is 0 Å². The summed E-state index contributed by atoms with van der Waals surface area (Å²) >= 11 is 1.44. The molecule has 1 saturated heterocycles. The van der Waals surface area contributed by atoms with Gasteiger partial charge in [0.25, 0.3) is 11.8 Å². The van der Waals surface area contributed by atoms with E-state index in [0.29, 0.717) is 71.4 Å². The van der Waals surface area contributed by atoms with Gasteiger partial charge in [0, 0.05) is 59.6 Å². The number of hydrogen-bond acceptors (Lipinski definition) is 9. The van der Waals surface area contributed by atoms with E-state index < -0.39 is 11.8 Å². The molecule has 5 rings (SSSR count). The van der Waals surface area contributed by atoms with Crippen LogP contribution in [0, 0.1) is 0 Å². The van der Waals surface area contributed by atoms with Crippen LogP contribution in [0.25, 0.3) is 0 Å². The second kappa shape index (κ2) is 17.1. The highest BCUT2D eigenvalue weighted by molar-refractivity contribution is 7.99. The first kappa shape index (κ1) is 42.9. The van der Waals surface area contributed by atoms with Crippen LogP contribution in [0.3, 0.4) is 0 Å². The summed E-state index contributed by atoms with van der Waals surface area (Å²) in [6.07, 6.45) is 2.63. The Bertz CT molecular complexity index is 2000. The van der Waals surface area contributed by atoms with E-state index >= 15 is 0 Å². The number of thioether (sulfide) groups is 1. The van der Waals surface area contributed by atoms with Gasteiger partial charge in [-0.05, 0) is 109 Å². The van der Waals surface area contributed by atoms with Gasteiger partial charge in [0.1, 0.15) is 6.10 Å². The Hall–Kier alpha value is -4.27. The van der Waals surface area contributed by atoms with Crippen molar-refractivity contribution in [2.75, 3.05) is 46.7 Å². The van der Waals surface area contributed by atoms with Crippen LogP contribution < -0.4 is 38.5 Å². The topological polar surface area (TPSA) is 207 Å². The molecule has 12 nitrogen and oxygen atoms in total. The van der Waals surface area contributed by atoms with E-state index in [1.165, 1.54) is 25.6 Å². The molecule has 13 heteroatoms. The molecule has 0 radical (unpaired) electrons. The lowest BCUT2D eigenvalue weighted by atomic mass is 9.82. The minimum absolute atomic E-state index is 0.126. The van der Waals surface area contributed by atoms with E-state index in [1.54, 1.807) is 18.2 Å². The predicted octanol–water partition coefficient (Wildman–Crippen LogP) is 6.92. The van der Waals surface area contributed by atoms with Gasteiger partial charge in [-0.3, -0.25) is 19.2 Å². The van der Waals surface area contributed by atoms with E-state index in [-0.39, 0.29) is 51.4 Å². The van der Waals surface area contributed by atoms with Crippen molar-refractivity contribution in [3.05, 3.63) is 75.8 Å². The zero-order chi connectivity index (χ0) is 41.2. The fourth-order valence-corrected chi connectivity index (χ4v) is 7.98. The highest BCUT2D eigenvalue weighted by Gasteiger charge is 2.47. The predicted molar refractivity (Wildman–Crippen MR) is 227 cm³/mol. The second-order valence-electron chi connectivity index (χ2n) is 17.1. The number of nitrogens with one attached hydrogen (secondary N) is 4. The zero-order valence-electron chi connectivity index (χ0n) is 34.0. The van der Waals surface area contributed by atoms with E-state index in [9.17, 15) is 19.2 Å². The van der Waals surface area contributed by atoms with E-state index in [4.69, 9.17) is 21.9 Å². The summed E-state index contributed by atoms with van der Waals surface area (Å²) in [4.78, 5) is 54.3. The van der Waals surface area contributed by atoms with Gasteiger partial charge >= 0.3 is 0 Å². The molecule has 302 valence electrons. The highest BCUT2D eigenvalue weighted by atomic mass is 32.2. The SMILES string of the molecule is CC(=O)Nc1cc(C(C)(C)C)cc(NC(=O)c2cc(C(=O)Nc3cc(C(C)(C)C)cc(NC(C)=O)c3C3(CCN)CC3)cc(C3OC3CCN)c2)c1SCCN. The number of carbonyl (C=O) groups excluding carboxylic acids is 4. The normalized spacial score (nSPS) is 17.2. The summed E-state index contributed by atoms with van der Waals surface area (Å²) in [5.74, 6) is -0.739. The molecule has 3 aromatic carbocycles. The molecule has 1 saturated carbocycles. The molecule has 1 aliphatic heterocycles. The van der Waals surface area contributed by atoms with Crippen LogP contribution in [0.1, 0.15) is 130 Å². The van der Waals surface area contributed by atoms with Gasteiger partial charge in [-0.25, -0.2) is 0 Å². The van der Waals surface area contributed by atoms with Gasteiger partial charge in [-0.1, -0.05) is 41.5 Å². The Labute approximate surface area is 335 Å². The van der Waals surface area contributed by atoms with Crippen molar-refractivity contribution in [3.63, 3.8) is 0 Å². The molecule has 56 heavy (non-hydrogen) atoms. The quantitative estimate of drug-likeness (QED) is 0.0630. The van der Waals surface area contributed by atoms with E-state index in [0.717, 1.165) is 29.5 Å². The lowest BCUT2D eigenvalue weighted by molar-refractivity contribution is -0.115. The number of rotatable bonds is 15. The maximum Gasteiger partial charge on any atom is 0.255 e. The first-order valence-corrected chi connectivity index (χ1v) is 20.4. The maximum absolute atomic E-state index is 14.5. The van der Waals surface area contributed by atoms with Crippen LogP contribution in [0.2, 0.25) is 0 Å². The Morgan fingerprint density at radius 1 is 0.696 bits per heavy atom. The monoisotopic (exact) mass is 785 g/mol. The first-order valence-electron chi connectivity index (χ1n) is 19.4. The summed E-state index contributed by atoms with van der Waals surface area (Å²) in [5, 5.41) is 12.3. The van der Waals surface area contributed by atoms with Crippen LogP contribution in [-0.4, -0.2) is 55.1 Å². The maximum atomic E-state index is 14.5. The zero-order valence-corrected chi connectivity index (χ0v) is 34.9. The fourth-order valence-electron chi connectivity index (χ4n) is 7.13. The van der Waals surface area contributed by atoms with Gasteiger partial charge in [0.05, 0.1) is 22.4 Å². The number of anilines is 4. The van der Waals surface area contributed by atoms with Gasteiger partial charge in [0.15, 0.2) is 0 Å². The molecule has 0 bridgehead atoms. The van der Waals surface area contributed by atoms with Crippen molar-refractivity contribution in [2.24, 2.45) is 17.2 Å². The first-order chi connectivity index (χ1) is 26.3. The minimum atomic E-state index is -0.436. The summed E-state index contributed by atoms with van der Waals surface area (Å²) < 4.78 is 5.97. The lowest BCUT2D eigenvalue weighted by Crippen LogP contribution is -2.24. The molecule has 0 spiro atoms. The molecule has 1 heterocycles. The van der Waals surface area contributed by atoms with Crippen LogP contribution in [-0.2, 0) is 30.6 Å². The molecule has 4 amide bonds. The van der Waals surface area contributed by atoms with Gasteiger partial charge < -0.3 is 43.2 Å². The summed E-state index contributed by atoms with van der Waals surface area (Å²) in [6, 6.07) is 12.9. The highest BCUT2D eigenvalue weighted by Crippen LogP contribution is 2.56. The van der Waals surface area contributed by atoms with Crippen molar-refractivity contribution in [1.82, 2.24) is 0 Å². The summed E-state index contributed by atoms with van der Waals surface area (Å²) in [6.45, 7) is 16.6. The third kappa shape index (κ3) is 10.2. The van der Waals surface area contributed by atoms with Crippen LogP contribution >= 0.6 is 11.8 Å². The van der Waals surface area contributed by atoms with Crippen molar-refractivity contribution in [2.45, 2.75) is 114 Å². The molecule has 10 N–H and O–H groups in total. The van der Waals surface area contributed by atoms with Gasteiger partial charge in [-0.15, -0.1) is 11.8 Å². The Kier molecular flexibility index (Phi) is 13.1. The van der Waals surface area contributed by atoms with Crippen LogP contribution in [0.4, 0.5) is 22.7 Å². The summed E-state index contributed by atoms with van der Waals surface area (Å²) in [5.41, 5.74) is 23.2. The second-order valence-corrected chi connectivity index (χ2v) is 18.2. The molecular formula is C43H59N7O5S. The van der Waals surface area contributed by atoms with Crippen molar-refractivity contribution < 1.29 is 23.9 Å². The number of carbonyl (C=O) groups is 4. The molecule has 1 aliphatic carbocycles. The number of hydrogen-bond donors (Lipinski definition) is 7. The van der Waals surface area contributed by atoms with Gasteiger partial charge in [0.2, 0.25) is 11.8 Å². The molecule has 2 fully saturated rings. The van der Waals surface area contributed by atoms with Crippen molar-refractivity contribution in [3.8, 4) is 0 Å². The van der Waals surface area contributed by atoms with Crippen molar-refractivity contribution in [1.29, 1.82) is 0 Å². The minimum Gasteiger partial charge on any atom is -0.364 e. The molecule has 2 aliphatic rings. The number of epoxide rings is 1. The summed E-state index contributed by atoms with van der Waals surface area (Å²) in [7, 11) is 0. The Morgan fingerprint density at radius 2 is 1.18 bits per heavy atom. The lowest BCUT2D eigenvalue weighted by Gasteiger charge is -2.28. The molecule has 3 aromatic rings.